The van der Waals surface area contributed by atoms with Crippen molar-refractivity contribution in [3.05, 3.63) is 0 Å². The predicted octanol–water partition coefficient (Wildman–Crippen LogP) is 2.05. The highest BCUT2D eigenvalue weighted by molar-refractivity contribution is 5.79. The molecule has 0 N–H and O–H groups in total. The summed E-state index contributed by atoms with van der Waals surface area (Å²) in [6.45, 7) is 2.32. The van der Waals surface area contributed by atoms with E-state index in [1.54, 1.807) is 6.92 Å². The van der Waals surface area contributed by atoms with Crippen LogP contribution in [0.5, 0.6) is 0 Å². The van der Waals surface area contributed by atoms with Gasteiger partial charge in [-0.3, -0.25) is 4.79 Å². The lowest BCUT2D eigenvalue weighted by molar-refractivity contribution is -0.163. The van der Waals surface area contributed by atoms with Crippen molar-refractivity contribution >= 4 is 5.78 Å². The van der Waals surface area contributed by atoms with Gasteiger partial charge in [-0.1, -0.05) is 0 Å². The zero-order chi connectivity index (χ0) is 11.5. The van der Waals surface area contributed by atoms with Crippen molar-refractivity contribution < 1.29 is 27.4 Å². The average Bonchev–Trinajstić information content (AvgIpc) is 2.47. The molecule has 1 saturated heterocycles. The van der Waals surface area contributed by atoms with E-state index in [-0.39, 0.29) is 6.42 Å². The summed E-state index contributed by atoms with van der Waals surface area (Å²) < 4.78 is 45.7. The van der Waals surface area contributed by atoms with E-state index in [4.69, 9.17) is 9.47 Å². The number of rotatable bonds is 4. The molecule has 1 rings (SSSR count). The normalized spacial score (nSPS) is 20.5. The highest BCUT2D eigenvalue weighted by Gasteiger charge is 2.35. The molecule has 0 amide bonds. The number of halogens is 3. The average molecular weight is 226 g/mol. The van der Waals surface area contributed by atoms with Crippen LogP contribution in [-0.2, 0) is 14.3 Å². The van der Waals surface area contributed by atoms with Crippen molar-refractivity contribution in [1.29, 1.82) is 0 Å². The van der Waals surface area contributed by atoms with E-state index in [0.29, 0.717) is 13.2 Å². The van der Waals surface area contributed by atoms with Gasteiger partial charge in [0, 0.05) is 6.42 Å². The van der Waals surface area contributed by atoms with Gasteiger partial charge in [-0.2, -0.15) is 13.2 Å². The maximum atomic E-state index is 11.8. The first-order chi connectivity index (χ1) is 6.81. The van der Waals surface area contributed by atoms with Gasteiger partial charge in [0.05, 0.1) is 26.1 Å². The van der Waals surface area contributed by atoms with Crippen LogP contribution in [0.4, 0.5) is 13.2 Å². The van der Waals surface area contributed by atoms with Crippen molar-refractivity contribution in [3.63, 3.8) is 0 Å². The molecule has 0 saturated carbocycles. The first-order valence-electron chi connectivity index (χ1n) is 4.67. The molecule has 0 atom stereocenters. The molecule has 0 aliphatic carbocycles. The first-order valence-corrected chi connectivity index (χ1v) is 4.67. The van der Waals surface area contributed by atoms with Crippen molar-refractivity contribution in [2.24, 2.45) is 0 Å². The summed E-state index contributed by atoms with van der Waals surface area (Å²) in [6, 6.07) is 0. The topological polar surface area (TPSA) is 35.5 Å². The molecule has 88 valence electrons. The molecular weight excluding hydrogens is 213 g/mol. The highest BCUT2D eigenvalue weighted by atomic mass is 19.4. The monoisotopic (exact) mass is 226 g/mol. The van der Waals surface area contributed by atoms with Crippen LogP contribution in [0.25, 0.3) is 0 Å². The van der Waals surface area contributed by atoms with Gasteiger partial charge >= 0.3 is 6.18 Å². The number of carbonyl (C=O) groups excluding carboxylic acids is 1. The molecule has 0 bridgehead atoms. The van der Waals surface area contributed by atoms with Gasteiger partial charge in [0.15, 0.2) is 5.79 Å². The van der Waals surface area contributed by atoms with Crippen LogP contribution in [0.1, 0.15) is 26.2 Å². The molecule has 1 aliphatic heterocycles. The Kier molecular flexibility index (Phi) is 3.72. The summed E-state index contributed by atoms with van der Waals surface area (Å²) in [5, 5.41) is 0. The summed E-state index contributed by atoms with van der Waals surface area (Å²) in [6.07, 6.45) is -6.00. The van der Waals surface area contributed by atoms with Crippen molar-refractivity contribution in [2.45, 2.75) is 38.1 Å². The second kappa shape index (κ2) is 4.49. The Morgan fingerprint density at radius 3 is 2.33 bits per heavy atom. The van der Waals surface area contributed by atoms with E-state index < -0.39 is 30.6 Å². The molecule has 0 aromatic rings. The summed E-state index contributed by atoms with van der Waals surface area (Å²) in [4.78, 5) is 11.2. The standard InChI is InChI=1S/C9H13F3O3/c1-8(14-4-5-15-8)6-7(13)2-3-9(10,11)12/h2-6H2,1H3. The number of Topliss-reactive ketones (excluding diaryl/α,β-unsaturated/α-hetero) is 1. The lowest BCUT2D eigenvalue weighted by Crippen LogP contribution is -2.29. The molecule has 0 aromatic carbocycles. The van der Waals surface area contributed by atoms with Crippen LogP contribution in [-0.4, -0.2) is 31.0 Å². The molecule has 15 heavy (non-hydrogen) atoms. The van der Waals surface area contributed by atoms with Crippen LogP contribution < -0.4 is 0 Å². The van der Waals surface area contributed by atoms with E-state index >= 15 is 0 Å². The Morgan fingerprint density at radius 2 is 1.87 bits per heavy atom. The molecule has 3 nitrogen and oxygen atoms in total. The summed E-state index contributed by atoms with van der Waals surface area (Å²) in [7, 11) is 0. The Balaban J connectivity index is 2.30. The lowest BCUT2D eigenvalue weighted by Gasteiger charge is -2.21. The highest BCUT2D eigenvalue weighted by Crippen LogP contribution is 2.26. The molecule has 0 aromatic heterocycles. The molecule has 0 spiro atoms. The molecule has 1 aliphatic rings. The van der Waals surface area contributed by atoms with Crippen molar-refractivity contribution in [2.75, 3.05) is 13.2 Å². The van der Waals surface area contributed by atoms with Crippen LogP contribution in [0.2, 0.25) is 0 Å². The van der Waals surface area contributed by atoms with Gasteiger partial charge in [0.25, 0.3) is 0 Å². The van der Waals surface area contributed by atoms with Gasteiger partial charge < -0.3 is 9.47 Å². The summed E-state index contributed by atoms with van der Waals surface area (Å²) >= 11 is 0. The van der Waals surface area contributed by atoms with Gasteiger partial charge in [0.1, 0.15) is 5.78 Å². The molecule has 1 heterocycles. The van der Waals surface area contributed by atoms with Crippen molar-refractivity contribution in [1.82, 2.24) is 0 Å². The maximum absolute atomic E-state index is 11.8. The van der Waals surface area contributed by atoms with E-state index in [1.165, 1.54) is 0 Å². The molecule has 1 fully saturated rings. The van der Waals surface area contributed by atoms with Gasteiger partial charge in [0.2, 0.25) is 0 Å². The Bertz CT molecular complexity index is 231. The lowest BCUT2D eigenvalue weighted by atomic mass is 10.1. The molecule has 0 unspecified atom stereocenters. The number of ether oxygens (including phenoxy) is 2. The Labute approximate surface area is 85.5 Å². The van der Waals surface area contributed by atoms with E-state index in [0.717, 1.165) is 0 Å². The number of alkyl halides is 3. The summed E-state index contributed by atoms with van der Waals surface area (Å²) in [5.74, 6) is -1.51. The zero-order valence-electron chi connectivity index (χ0n) is 8.39. The van der Waals surface area contributed by atoms with Crippen LogP contribution in [0.3, 0.4) is 0 Å². The Hall–Kier alpha value is -0.620. The number of hydrogen-bond donors (Lipinski definition) is 0. The quantitative estimate of drug-likeness (QED) is 0.736. The SMILES string of the molecule is CC1(CC(=O)CCC(F)(F)F)OCCO1. The number of hydrogen-bond acceptors (Lipinski definition) is 3. The van der Waals surface area contributed by atoms with E-state index in [2.05, 4.69) is 0 Å². The van der Waals surface area contributed by atoms with Crippen LogP contribution in [0.15, 0.2) is 0 Å². The number of carbonyl (C=O) groups is 1. The van der Waals surface area contributed by atoms with E-state index in [1.807, 2.05) is 0 Å². The van der Waals surface area contributed by atoms with Crippen molar-refractivity contribution in [3.8, 4) is 0 Å². The molecular formula is C9H13F3O3. The second-order valence-corrected chi connectivity index (χ2v) is 3.66. The molecule has 0 radical (unpaired) electrons. The minimum Gasteiger partial charge on any atom is -0.347 e. The largest absolute Gasteiger partial charge is 0.389 e. The fraction of sp³-hybridized carbons (Fsp3) is 0.889. The minimum atomic E-state index is -4.28. The summed E-state index contributed by atoms with van der Waals surface area (Å²) in [5.41, 5.74) is 0. The smallest absolute Gasteiger partial charge is 0.347 e. The van der Waals surface area contributed by atoms with Crippen LogP contribution in [0, 0.1) is 0 Å². The zero-order valence-corrected chi connectivity index (χ0v) is 8.39. The Morgan fingerprint density at radius 1 is 1.33 bits per heavy atom. The predicted molar refractivity (Wildman–Crippen MR) is 45.2 cm³/mol. The third-order valence-electron chi connectivity index (χ3n) is 2.10. The molecule has 6 heteroatoms. The fourth-order valence-electron chi connectivity index (χ4n) is 1.39. The van der Waals surface area contributed by atoms with Gasteiger partial charge in [-0.15, -0.1) is 0 Å². The van der Waals surface area contributed by atoms with Gasteiger partial charge in [-0.25, -0.2) is 0 Å². The van der Waals surface area contributed by atoms with E-state index in [9.17, 15) is 18.0 Å². The third kappa shape index (κ3) is 4.61. The first kappa shape index (κ1) is 12.4. The number of ketones is 1. The fourth-order valence-corrected chi connectivity index (χ4v) is 1.39. The maximum Gasteiger partial charge on any atom is 0.389 e. The van der Waals surface area contributed by atoms with Crippen LogP contribution >= 0.6 is 0 Å². The third-order valence-corrected chi connectivity index (χ3v) is 2.10. The van der Waals surface area contributed by atoms with Gasteiger partial charge in [-0.05, 0) is 6.92 Å². The minimum absolute atomic E-state index is 0.122. The second-order valence-electron chi connectivity index (χ2n) is 3.66.